The lowest BCUT2D eigenvalue weighted by atomic mass is 9.73. The Labute approximate surface area is 115 Å². The molecule has 2 nitrogen and oxygen atoms in total. The average Bonchev–Trinajstić information content (AvgIpc) is 2.79. The zero-order chi connectivity index (χ0) is 14.3. The van der Waals surface area contributed by atoms with Gasteiger partial charge in [0.2, 0.25) is 0 Å². The lowest BCUT2D eigenvalue weighted by molar-refractivity contribution is -0.137. The third-order valence-corrected chi connectivity index (χ3v) is 5.37. The summed E-state index contributed by atoms with van der Waals surface area (Å²) in [4.78, 5) is 4.05. The number of thiazole rings is 1. The number of hydrogen-bond acceptors (Lipinski definition) is 3. The summed E-state index contributed by atoms with van der Waals surface area (Å²) in [5, 5.41) is -0.793. The standard InChI is InChI=1S/C13H19F3N2S/c1-8(2)9-3-5-12(17,6-4-9)10-7-18-11(19-10)13(14,15)16/h7-9H,3-6,17H2,1-2H3. The molecule has 0 spiro atoms. The van der Waals surface area contributed by atoms with Crippen LogP contribution >= 0.6 is 11.3 Å². The van der Waals surface area contributed by atoms with Crippen LogP contribution in [0.15, 0.2) is 6.20 Å². The molecule has 1 fully saturated rings. The molecule has 19 heavy (non-hydrogen) atoms. The molecule has 0 saturated heterocycles. The fourth-order valence-electron chi connectivity index (χ4n) is 2.70. The van der Waals surface area contributed by atoms with Gasteiger partial charge < -0.3 is 5.73 Å². The van der Waals surface area contributed by atoms with E-state index >= 15 is 0 Å². The maximum Gasteiger partial charge on any atom is 0.443 e. The first-order valence-corrected chi connectivity index (χ1v) is 7.36. The van der Waals surface area contributed by atoms with Crippen molar-refractivity contribution in [3.63, 3.8) is 0 Å². The molecule has 0 radical (unpaired) electrons. The summed E-state index contributed by atoms with van der Waals surface area (Å²) in [6.07, 6.45) is 0.392. The van der Waals surface area contributed by atoms with E-state index in [1.165, 1.54) is 6.20 Å². The number of nitrogens with zero attached hydrogens (tertiary/aromatic N) is 1. The van der Waals surface area contributed by atoms with Crippen molar-refractivity contribution in [1.82, 2.24) is 4.98 Å². The van der Waals surface area contributed by atoms with Gasteiger partial charge in [0.1, 0.15) is 0 Å². The van der Waals surface area contributed by atoms with Crippen LogP contribution in [0.3, 0.4) is 0 Å². The Morgan fingerprint density at radius 1 is 1.37 bits per heavy atom. The van der Waals surface area contributed by atoms with Gasteiger partial charge in [0.05, 0.1) is 5.54 Å². The molecule has 0 atom stereocenters. The number of aromatic nitrogens is 1. The van der Waals surface area contributed by atoms with E-state index in [0.29, 0.717) is 28.0 Å². The highest BCUT2D eigenvalue weighted by Crippen LogP contribution is 2.43. The molecule has 6 heteroatoms. The van der Waals surface area contributed by atoms with Crippen LogP contribution in [0.2, 0.25) is 0 Å². The lowest BCUT2D eigenvalue weighted by Crippen LogP contribution is -2.40. The summed E-state index contributed by atoms with van der Waals surface area (Å²) in [5.74, 6) is 1.24. The first-order chi connectivity index (χ1) is 8.72. The molecule has 0 aromatic carbocycles. The van der Waals surface area contributed by atoms with Crippen LogP contribution in [-0.4, -0.2) is 4.98 Å². The van der Waals surface area contributed by atoms with Crippen molar-refractivity contribution in [3.8, 4) is 0 Å². The van der Waals surface area contributed by atoms with Gasteiger partial charge in [0.15, 0.2) is 5.01 Å². The summed E-state index contributed by atoms with van der Waals surface area (Å²) < 4.78 is 37.7. The van der Waals surface area contributed by atoms with Crippen LogP contribution < -0.4 is 5.73 Å². The molecule has 0 amide bonds. The van der Waals surface area contributed by atoms with Crippen molar-refractivity contribution >= 4 is 11.3 Å². The van der Waals surface area contributed by atoms with Crippen LogP contribution in [0.4, 0.5) is 13.2 Å². The van der Waals surface area contributed by atoms with Crippen molar-refractivity contribution in [3.05, 3.63) is 16.1 Å². The van der Waals surface area contributed by atoms with Crippen LogP contribution in [0.1, 0.15) is 49.4 Å². The second-order valence-corrected chi connectivity index (χ2v) is 6.80. The summed E-state index contributed by atoms with van der Waals surface area (Å²) in [6.45, 7) is 4.37. The topological polar surface area (TPSA) is 38.9 Å². The van der Waals surface area contributed by atoms with Crippen LogP contribution in [0, 0.1) is 11.8 Å². The molecule has 1 heterocycles. The average molecular weight is 292 g/mol. The molecule has 2 N–H and O–H groups in total. The monoisotopic (exact) mass is 292 g/mol. The van der Waals surface area contributed by atoms with E-state index in [1.807, 2.05) is 0 Å². The van der Waals surface area contributed by atoms with Crippen molar-refractivity contribution in [2.75, 3.05) is 0 Å². The summed E-state index contributed by atoms with van der Waals surface area (Å²) in [7, 11) is 0. The number of rotatable bonds is 2. The molecule has 108 valence electrons. The van der Waals surface area contributed by atoms with Crippen LogP contribution in [0.5, 0.6) is 0 Å². The number of alkyl halides is 3. The Morgan fingerprint density at radius 3 is 2.37 bits per heavy atom. The third kappa shape index (κ3) is 3.11. The van der Waals surface area contributed by atoms with Crippen LogP contribution in [-0.2, 0) is 11.7 Å². The lowest BCUT2D eigenvalue weighted by Gasteiger charge is -2.37. The molecule has 0 aliphatic heterocycles. The van der Waals surface area contributed by atoms with Gasteiger partial charge in [-0.25, -0.2) is 4.98 Å². The minimum Gasteiger partial charge on any atom is -0.321 e. The minimum absolute atomic E-state index is 0.571. The van der Waals surface area contributed by atoms with Crippen molar-refractivity contribution in [2.45, 2.75) is 51.2 Å². The number of hydrogen-bond donors (Lipinski definition) is 1. The Hall–Kier alpha value is -0.620. The molecular weight excluding hydrogens is 273 g/mol. The minimum atomic E-state index is -4.37. The summed E-state index contributed by atoms with van der Waals surface area (Å²) >= 11 is 0.694. The van der Waals surface area contributed by atoms with Crippen molar-refractivity contribution in [1.29, 1.82) is 0 Å². The third-order valence-electron chi connectivity index (χ3n) is 4.10. The maximum absolute atomic E-state index is 12.6. The van der Waals surface area contributed by atoms with Crippen molar-refractivity contribution in [2.24, 2.45) is 17.6 Å². The highest BCUT2D eigenvalue weighted by atomic mass is 32.1. The van der Waals surface area contributed by atoms with E-state index in [9.17, 15) is 13.2 Å². The van der Waals surface area contributed by atoms with Gasteiger partial charge in [0, 0.05) is 11.1 Å². The Bertz CT molecular complexity index is 431. The largest absolute Gasteiger partial charge is 0.443 e. The van der Waals surface area contributed by atoms with Crippen LogP contribution in [0.25, 0.3) is 0 Å². The predicted octanol–water partition coefficient (Wildman–Crippen LogP) is 4.16. The first-order valence-electron chi connectivity index (χ1n) is 6.55. The second kappa shape index (κ2) is 5.05. The van der Waals surface area contributed by atoms with E-state index in [4.69, 9.17) is 5.73 Å². The number of nitrogens with two attached hydrogens (primary N) is 1. The van der Waals surface area contributed by atoms with E-state index in [1.54, 1.807) is 0 Å². The van der Waals surface area contributed by atoms with Gasteiger partial charge in [-0.05, 0) is 37.5 Å². The van der Waals surface area contributed by atoms with Gasteiger partial charge >= 0.3 is 6.18 Å². The van der Waals surface area contributed by atoms with Gasteiger partial charge in [0.25, 0.3) is 0 Å². The van der Waals surface area contributed by atoms with Gasteiger partial charge in [-0.3, -0.25) is 0 Å². The Balaban J connectivity index is 2.12. The molecule has 0 unspecified atom stereocenters. The van der Waals surface area contributed by atoms with Gasteiger partial charge in [-0.2, -0.15) is 13.2 Å². The fourth-order valence-corrected chi connectivity index (χ4v) is 3.65. The summed E-state index contributed by atoms with van der Waals surface area (Å²) in [6, 6.07) is 0. The molecule has 2 rings (SSSR count). The smallest absolute Gasteiger partial charge is 0.321 e. The molecular formula is C13H19F3N2S. The molecule has 1 aliphatic carbocycles. The van der Waals surface area contributed by atoms with E-state index in [2.05, 4.69) is 18.8 Å². The Kier molecular flexibility index (Phi) is 3.93. The van der Waals surface area contributed by atoms with Gasteiger partial charge in [-0.1, -0.05) is 13.8 Å². The highest BCUT2D eigenvalue weighted by Gasteiger charge is 2.39. The molecule has 1 saturated carbocycles. The SMILES string of the molecule is CC(C)C1CCC(N)(c2cnc(C(F)(F)F)s2)CC1. The molecule has 1 aromatic heterocycles. The van der Waals surface area contributed by atoms with Crippen molar-refractivity contribution < 1.29 is 13.2 Å². The zero-order valence-electron chi connectivity index (χ0n) is 11.1. The zero-order valence-corrected chi connectivity index (χ0v) is 11.9. The normalized spacial score (nSPS) is 28.9. The highest BCUT2D eigenvalue weighted by molar-refractivity contribution is 7.11. The second-order valence-electron chi connectivity index (χ2n) is 5.77. The van der Waals surface area contributed by atoms with Gasteiger partial charge in [-0.15, -0.1) is 11.3 Å². The molecule has 1 aliphatic rings. The fraction of sp³-hybridized carbons (Fsp3) is 0.769. The predicted molar refractivity (Wildman–Crippen MR) is 69.8 cm³/mol. The summed E-state index contributed by atoms with van der Waals surface area (Å²) in [5.41, 5.74) is 5.68. The van der Waals surface area contributed by atoms with E-state index in [0.717, 1.165) is 25.7 Å². The maximum atomic E-state index is 12.6. The van der Waals surface area contributed by atoms with E-state index in [-0.39, 0.29) is 0 Å². The molecule has 0 bridgehead atoms. The Morgan fingerprint density at radius 2 is 1.95 bits per heavy atom. The number of halogens is 3. The quantitative estimate of drug-likeness (QED) is 0.889. The van der Waals surface area contributed by atoms with E-state index < -0.39 is 16.7 Å². The molecule has 1 aromatic rings. The first kappa shape index (κ1) is 14.8.